The average Bonchev–Trinajstić information content (AvgIpc) is 2.03. The van der Waals surface area contributed by atoms with Crippen molar-refractivity contribution in [2.75, 3.05) is 7.11 Å². The van der Waals surface area contributed by atoms with E-state index in [9.17, 15) is 0 Å². The molecule has 72 valence electrons. The maximum atomic E-state index is 5.73. The van der Waals surface area contributed by atoms with Gasteiger partial charge in [0.05, 0.1) is 11.6 Å². The highest BCUT2D eigenvalue weighted by atomic mass is 79.9. The Kier molecular flexibility index (Phi) is 3.75. The maximum absolute atomic E-state index is 5.73. The molecule has 2 N–H and O–H groups in total. The molecule has 0 aliphatic heterocycles. The van der Waals surface area contributed by atoms with E-state index in [1.54, 1.807) is 7.11 Å². The highest BCUT2D eigenvalue weighted by molar-refractivity contribution is 9.10. The molecule has 13 heavy (non-hydrogen) atoms. The van der Waals surface area contributed by atoms with Crippen LogP contribution in [-0.2, 0) is 6.42 Å². The Balaban J connectivity index is 2.98. The Morgan fingerprint density at radius 1 is 1.54 bits per heavy atom. The standard InChI is InChI=1S/C10H14BrNO/c1-7(12)6-8-4-3-5-9(11)10(8)13-2/h3-5,7H,6,12H2,1-2H3. The molecule has 2 nitrogen and oxygen atoms in total. The Labute approximate surface area is 87.2 Å². The first kappa shape index (κ1) is 10.5. The van der Waals surface area contributed by atoms with Crippen LogP contribution in [0.4, 0.5) is 0 Å². The Hall–Kier alpha value is -0.540. The Morgan fingerprint density at radius 2 is 2.23 bits per heavy atom. The molecule has 0 fully saturated rings. The van der Waals surface area contributed by atoms with E-state index in [-0.39, 0.29) is 6.04 Å². The van der Waals surface area contributed by atoms with E-state index < -0.39 is 0 Å². The second-order valence-electron chi connectivity index (χ2n) is 3.11. The van der Waals surface area contributed by atoms with Crippen LogP contribution >= 0.6 is 15.9 Å². The number of benzene rings is 1. The van der Waals surface area contributed by atoms with Crippen LogP contribution in [0.5, 0.6) is 5.75 Å². The van der Waals surface area contributed by atoms with Gasteiger partial charge < -0.3 is 10.5 Å². The van der Waals surface area contributed by atoms with Gasteiger partial charge in [0.1, 0.15) is 5.75 Å². The predicted octanol–water partition coefficient (Wildman–Crippen LogP) is 2.35. The summed E-state index contributed by atoms with van der Waals surface area (Å²) in [6, 6.07) is 6.14. The minimum absolute atomic E-state index is 0.156. The molecule has 1 unspecified atom stereocenters. The lowest BCUT2D eigenvalue weighted by atomic mass is 10.1. The summed E-state index contributed by atoms with van der Waals surface area (Å²) in [6.45, 7) is 1.99. The molecule has 0 aliphatic rings. The highest BCUT2D eigenvalue weighted by Gasteiger charge is 2.07. The van der Waals surface area contributed by atoms with Crippen LogP contribution in [0.15, 0.2) is 22.7 Å². The first-order valence-electron chi connectivity index (χ1n) is 4.22. The number of nitrogens with two attached hydrogens (primary N) is 1. The summed E-state index contributed by atoms with van der Waals surface area (Å²) in [5, 5.41) is 0. The van der Waals surface area contributed by atoms with Crippen molar-refractivity contribution in [1.29, 1.82) is 0 Å². The lowest BCUT2D eigenvalue weighted by Crippen LogP contribution is -2.18. The van der Waals surface area contributed by atoms with E-state index in [1.807, 2.05) is 25.1 Å². The van der Waals surface area contributed by atoms with Gasteiger partial charge in [-0.3, -0.25) is 0 Å². The van der Waals surface area contributed by atoms with E-state index in [0.29, 0.717) is 0 Å². The zero-order chi connectivity index (χ0) is 9.84. The van der Waals surface area contributed by atoms with Crippen molar-refractivity contribution in [3.63, 3.8) is 0 Å². The molecule has 0 spiro atoms. The van der Waals surface area contributed by atoms with E-state index in [4.69, 9.17) is 10.5 Å². The fraction of sp³-hybridized carbons (Fsp3) is 0.400. The SMILES string of the molecule is COc1c(Br)cccc1CC(C)N. The van der Waals surface area contributed by atoms with E-state index in [1.165, 1.54) is 0 Å². The van der Waals surface area contributed by atoms with Crippen LogP contribution in [0, 0.1) is 0 Å². The minimum Gasteiger partial charge on any atom is -0.495 e. The topological polar surface area (TPSA) is 35.2 Å². The van der Waals surface area contributed by atoms with Crippen LogP contribution in [0.25, 0.3) is 0 Å². The summed E-state index contributed by atoms with van der Waals surface area (Å²) in [5.74, 6) is 0.889. The van der Waals surface area contributed by atoms with Crippen molar-refractivity contribution in [2.24, 2.45) is 5.73 Å². The minimum atomic E-state index is 0.156. The number of ether oxygens (including phenoxy) is 1. The highest BCUT2D eigenvalue weighted by Crippen LogP contribution is 2.29. The molecule has 0 saturated carbocycles. The smallest absolute Gasteiger partial charge is 0.136 e. The molecule has 1 atom stereocenters. The van der Waals surface area contributed by atoms with Gasteiger partial charge in [-0.05, 0) is 40.9 Å². The molecule has 0 heterocycles. The quantitative estimate of drug-likeness (QED) is 0.885. The summed E-state index contributed by atoms with van der Waals surface area (Å²) in [6.07, 6.45) is 0.836. The van der Waals surface area contributed by atoms with Gasteiger partial charge >= 0.3 is 0 Å². The van der Waals surface area contributed by atoms with Crippen molar-refractivity contribution in [2.45, 2.75) is 19.4 Å². The Morgan fingerprint density at radius 3 is 2.77 bits per heavy atom. The molecule has 0 bridgehead atoms. The molecule has 0 radical (unpaired) electrons. The van der Waals surface area contributed by atoms with Crippen LogP contribution < -0.4 is 10.5 Å². The fourth-order valence-corrected chi connectivity index (χ4v) is 1.86. The van der Waals surface area contributed by atoms with E-state index in [2.05, 4.69) is 15.9 Å². The molecular weight excluding hydrogens is 230 g/mol. The molecular formula is C10H14BrNO. The first-order chi connectivity index (χ1) is 6.15. The largest absolute Gasteiger partial charge is 0.495 e. The number of rotatable bonds is 3. The summed E-state index contributed by atoms with van der Waals surface area (Å²) in [5.41, 5.74) is 6.87. The lowest BCUT2D eigenvalue weighted by molar-refractivity contribution is 0.405. The number of methoxy groups -OCH3 is 1. The number of hydrogen-bond donors (Lipinski definition) is 1. The summed E-state index contributed by atoms with van der Waals surface area (Å²) >= 11 is 3.43. The zero-order valence-electron chi connectivity index (χ0n) is 7.88. The summed E-state index contributed by atoms with van der Waals surface area (Å²) in [4.78, 5) is 0. The zero-order valence-corrected chi connectivity index (χ0v) is 9.47. The van der Waals surface area contributed by atoms with Crippen LogP contribution in [-0.4, -0.2) is 13.2 Å². The lowest BCUT2D eigenvalue weighted by Gasteiger charge is -2.11. The van der Waals surface area contributed by atoms with Gasteiger partial charge in [-0.1, -0.05) is 12.1 Å². The third kappa shape index (κ3) is 2.71. The van der Waals surface area contributed by atoms with Crippen LogP contribution in [0.3, 0.4) is 0 Å². The molecule has 3 heteroatoms. The number of hydrogen-bond acceptors (Lipinski definition) is 2. The molecule has 0 aromatic heterocycles. The molecule has 1 rings (SSSR count). The predicted molar refractivity (Wildman–Crippen MR) is 58.0 cm³/mol. The van der Waals surface area contributed by atoms with Crippen molar-refractivity contribution < 1.29 is 4.74 Å². The van der Waals surface area contributed by atoms with Gasteiger partial charge in [0.2, 0.25) is 0 Å². The average molecular weight is 244 g/mol. The molecule has 0 aliphatic carbocycles. The third-order valence-corrected chi connectivity index (χ3v) is 2.42. The third-order valence-electron chi connectivity index (χ3n) is 1.79. The van der Waals surface area contributed by atoms with Crippen molar-refractivity contribution in [1.82, 2.24) is 0 Å². The van der Waals surface area contributed by atoms with Crippen molar-refractivity contribution in [3.8, 4) is 5.75 Å². The molecule has 0 saturated heterocycles. The van der Waals surface area contributed by atoms with Crippen molar-refractivity contribution >= 4 is 15.9 Å². The summed E-state index contributed by atoms with van der Waals surface area (Å²) in [7, 11) is 1.67. The normalized spacial score (nSPS) is 12.6. The number of halogens is 1. The van der Waals surface area contributed by atoms with Gasteiger partial charge in [-0.2, -0.15) is 0 Å². The van der Waals surface area contributed by atoms with Crippen LogP contribution in [0.2, 0.25) is 0 Å². The van der Waals surface area contributed by atoms with Gasteiger partial charge in [-0.25, -0.2) is 0 Å². The molecule has 1 aromatic rings. The van der Waals surface area contributed by atoms with Gasteiger partial charge in [0.25, 0.3) is 0 Å². The molecule has 0 amide bonds. The van der Waals surface area contributed by atoms with E-state index in [0.717, 1.165) is 22.2 Å². The maximum Gasteiger partial charge on any atom is 0.136 e. The number of para-hydroxylation sites is 1. The first-order valence-corrected chi connectivity index (χ1v) is 5.01. The van der Waals surface area contributed by atoms with Gasteiger partial charge in [-0.15, -0.1) is 0 Å². The Bertz CT molecular complexity index is 286. The monoisotopic (exact) mass is 243 g/mol. The van der Waals surface area contributed by atoms with Crippen molar-refractivity contribution in [3.05, 3.63) is 28.2 Å². The molecule has 1 aromatic carbocycles. The van der Waals surface area contributed by atoms with Gasteiger partial charge in [0, 0.05) is 6.04 Å². The van der Waals surface area contributed by atoms with Gasteiger partial charge in [0.15, 0.2) is 0 Å². The second-order valence-corrected chi connectivity index (χ2v) is 3.97. The summed E-state index contributed by atoms with van der Waals surface area (Å²) < 4.78 is 6.25. The van der Waals surface area contributed by atoms with E-state index >= 15 is 0 Å². The fourth-order valence-electron chi connectivity index (χ4n) is 1.29. The second kappa shape index (κ2) is 4.63. The van der Waals surface area contributed by atoms with Crippen LogP contribution in [0.1, 0.15) is 12.5 Å².